The average molecular weight is 238 g/mol. The minimum atomic E-state index is 0.235. The first-order chi connectivity index (χ1) is 8.09. The normalized spacial score (nSPS) is 28.5. The number of hydrogen-bond donors (Lipinski definition) is 0. The van der Waals surface area contributed by atoms with Crippen molar-refractivity contribution < 1.29 is 4.79 Å². The number of carbonyl (C=O) groups is 1. The summed E-state index contributed by atoms with van der Waals surface area (Å²) in [6.45, 7) is 5.71. The molecular formula is C14H26N2O. The Hall–Kier alpha value is -0.570. The maximum Gasteiger partial charge on any atom is 0.219 e. The third-order valence-corrected chi connectivity index (χ3v) is 4.88. The summed E-state index contributed by atoms with van der Waals surface area (Å²) in [6, 6.07) is 0.445. The highest BCUT2D eigenvalue weighted by Crippen LogP contribution is 2.41. The van der Waals surface area contributed by atoms with Gasteiger partial charge in [0.25, 0.3) is 0 Å². The van der Waals surface area contributed by atoms with Crippen molar-refractivity contribution in [3.8, 4) is 0 Å². The summed E-state index contributed by atoms with van der Waals surface area (Å²) in [5.41, 5.74) is 0.409. The van der Waals surface area contributed by atoms with E-state index in [9.17, 15) is 4.79 Å². The third kappa shape index (κ3) is 2.35. The summed E-state index contributed by atoms with van der Waals surface area (Å²) >= 11 is 0. The lowest BCUT2D eigenvalue weighted by molar-refractivity contribution is -0.130. The molecule has 0 aromatic rings. The zero-order valence-electron chi connectivity index (χ0n) is 11.5. The topological polar surface area (TPSA) is 23.6 Å². The van der Waals surface area contributed by atoms with Gasteiger partial charge in [0.2, 0.25) is 5.91 Å². The second-order valence-corrected chi connectivity index (χ2v) is 5.83. The van der Waals surface area contributed by atoms with Gasteiger partial charge in [-0.2, -0.15) is 0 Å². The minimum absolute atomic E-state index is 0.235. The standard InChI is InChI=1S/C14H26N2O/c1-4-16(12(2)17)13-10-14(15(3)11-13)8-6-5-7-9-14/h13H,4-11H2,1-3H3/t13-/m1/s1. The number of rotatable bonds is 2. The molecule has 98 valence electrons. The lowest BCUT2D eigenvalue weighted by Crippen LogP contribution is -2.42. The fraction of sp³-hybridized carbons (Fsp3) is 0.929. The van der Waals surface area contributed by atoms with Gasteiger partial charge in [-0.1, -0.05) is 19.3 Å². The fourth-order valence-electron chi connectivity index (χ4n) is 3.91. The first-order valence-corrected chi connectivity index (χ1v) is 7.07. The van der Waals surface area contributed by atoms with Gasteiger partial charge in [-0.05, 0) is 33.2 Å². The number of amides is 1. The molecule has 3 nitrogen and oxygen atoms in total. The van der Waals surface area contributed by atoms with Crippen LogP contribution in [0.3, 0.4) is 0 Å². The molecule has 2 aliphatic rings. The molecule has 1 spiro atoms. The van der Waals surface area contributed by atoms with Crippen LogP contribution in [0, 0.1) is 0 Å². The number of carbonyl (C=O) groups excluding carboxylic acids is 1. The molecule has 3 heteroatoms. The number of nitrogens with zero attached hydrogens (tertiary/aromatic N) is 2. The third-order valence-electron chi connectivity index (χ3n) is 4.88. The van der Waals surface area contributed by atoms with Crippen molar-refractivity contribution in [2.75, 3.05) is 20.1 Å². The van der Waals surface area contributed by atoms with Crippen LogP contribution in [0.5, 0.6) is 0 Å². The first kappa shape index (κ1) is 12.9. The van der Waals surface area contributed by atoms with Gasteiger partial charge >= 0.3 is 0 Å². The van der Waals surface area contributed by atoms with Gasteiger partial charge in [-0.15, -0.1) is 0 Å². The number of likely N-dealkylation sites (N-methyl/N-ethyl adjacent to an activating group) is 2. The molecule has 0 aromatic carbocycles. The van der Waals surface area contributed by atoms with Gasteiger partial charge in [0, 0.05) is 31.6 Å². The quantitative estimate of drug-likeness (QED) is 0.737. The Labute approximate surface area is 105 Å². The molecular weight excluding hydrogens is 212 g/mol. The van der Waals surface area contributed by atoms with Gasteiger partial charge < -0.3 is 4.90 Å². The predicted octanol–water partition coefficient (Wildman–Crippen LogP) is 2.26. The summed E-state index contributed by atoms with van der Waals surface area (Å²) in [5.74, 6) is 0.235. The Morgan fingerprint density at radius 1 is 1.35 bits per heavy atom. The molecule has 1 amide bonds. The number of likely N-dealkylation sites (tertiary alicyclic amines) is 1. The highest BCUT2D eigenvalue weighted by Gasteiger charge is 2.45. The van der Waals surface area contributed by atoms with Gasteiger partial charge in [-0.25, -0.2) is 0 Å². The molecule has 1 saturated heterocycles. The summed E-state index contributed by atoms with van der Waals surface area (Å²) in [5, 5.41) is 0. The van der Waals surface area contributed by atoms with E-state index in [1.165, 1.54) is 38.5 Å². The van der Waals surface area contributed by atoms with E-state index in [0.717, 1.165) is 13.1 Å². The molecule has 0 bridgehead atoms. The molecule has 1 aliphatic heterocycles. The van der Waals surface area contributed by atoms with Gasteiger partial charge in [-0.3, -0.25) is 9.69 Å². The van der Waals surface area contributed by atoms with E-state index in [0.29, 0.717) is 11.6 Å². The fourth-order valence-corrected chi connectivity index (χ4v) is 3.91. The van der Waals surface area contributed by atoms with Crippen LogP contribution >= 0.6 is 0 Å². The van der Waals surface area contributed by atoms with Crippen LogP contribution in [0.15, 0.2) is 0 Å². The van der Waals surface area contributed by atoms with Crippen LogP contribution in [0.25, 0.3) is 0 Å². The minimum Gasteiger partial charge on any atom is -0.339 e. The Balaban J connectivity index is 2.07. The van der Waals surface area contributed by atoms with Crippen LogP contribution in [0.4, 0.5) is 0 Å². The smallest absolute Gasteiger partial charge is 0.219 e. The van der Waals surface area contributed by atoms with Crippen LogP contribution in [-0.2, 0) is 4.79 Å². The molecule has 1 saturated carbocycles. The zero-order valence-corrected chi connectivity index (χ0v) is 11.5. The first-order valence-electron chi connectivity index (χ1n) is 7.07. The van der Waals surface area contributed by atoms with E-state index in [1.807, 2.05) is 0 Å². The van der Waals surface area contributed by atoms with Crippen molar-refractivity contribution in [1.29, 1.82) is 0 Å². The zero-order chi connectivity index (χ0) is 12.5. The molecule has 17 heavy (non-hydrogen) atoms. The van der Waals surface area contributed by atoms with Crippen molar-refractivity contribution in [3.05, 3.63) is 0 Å². The largest absolute Gasteiger partial charge is 0.339 e. The Morgan fingerprint density at radius 3 is 2.53 bits per heavy atom. The van der Waals surface area contributed by atoms with Crippen molar-refractivity contribution in [3.63, 3.8) is 0 Å². The van der Waals surface area contributed by atoms with E-state index >= 15 is 0 Å². The molecule has 0 unspecified atom stereocenters. The van der Waals surface area contributed by atoms with E-state index in [2.05, 4.69) is 23.8 Å². The van der Waals surface area contributed by atoms with Crippen molar-refractivity contribution in [1.82, 2.24) is 9.80 Å². The van der Waals surface area contributed by atoms with Gasteiger partial charge in [0.15, 0.2) is 0 Å². The molecule has 0 radical (unpaired) electrons. The summed E-state index contributed by atoms with van der Waals surface area (Å²) in [4.78, 5) is 16.2. The molecule has 0 aromatic heterocycles. The van der Waals surface area contributed by atoms with Crippen LogP contribution < -0.4 is 0 Å². The molecule has 2 rings (SSSR count). The van der Waals surface area contributed by atoms with Crippen molar-refractivity contribution >= 4 is 5.91 Å². The Bertz CT molecular complexity index is 284. The number of hydrogen-bond acceptors (Lipinski definition) is 2. The SMILES string of the molecule is CCN(C(C)=O)[C@H]1CN(C)C2(CCCCC2)C1. The molecule has 1 heterocycles. The van der Waals surface area contributed by atoms with Crippen LogP contribution in [0.2, 0.25) is 0 Å². The van der Waals surface area contributed by atoms with E-state index < -0.39 is 0 Å². The van der Waals surface area contributed by atoms with Crippen molar-refractivity contribution in [2.24, 2.45) is 0 Å². The molecule has 1 aliphatic carbocycles. The Morgan fingerprint density at radius 2 is 2.00 bits per heavy atom. The van der Waals surface area contributed by atoms with E-state index in [-0.39, 0.29) is 5.91 Å². The summed E-state index contributed by atoms with van der Waals surface area (Å²) in [6.07, 6.45) is 7.97. The summed E-state index contributed by atoms with van der Waals surface area (Å²) in [7, 11) is 2.25. The second kappa shape index (κ2) is 4.97. The Kier molecular flexibility index (Phi) is 3.76. The predicted molar refractivity (Wildman–Crippen MR) is 69.9 cm³/mol. The van der Waals surface area contributed by atoms with E-state index in [1.54, 1.807) is 6.92 Å². The second-order valence-electron chi connectivity index (χ2n) is 5.83. The summed E-state index contributed by atoms with van der Waals surface area (Å²) < 4.78 is 0. The molecule has 0 N–H and O–H groups in total. The molecule has 1 atom stereocenters. The van der Waals surface area contributed by atoms with Crippen LogP contribution in [-0.4, -0.2) is 47.4 Å². The lowest BCUT2D eigenvalue weighted by Gasteiger charge is -2.39. The molecule has 2 fully saturated rings. The highest BCUT2D eigenvalue weighted by molar-refractivity contribution is 5.73. The van der Waals surface area contributed by atoms with Gasteiger partial charge in [0.1, 0.15) is 0 Å². The van der Waals surface area contributed by atoms with Crippen LogP contribution in [0.1, 0.15) is 52.4 Å². The maximum atomic E-state index is 11.6. The lowest BCUT2D eigenvalue weighted by atomic mass is 9.79. The average Bonchev–Trinajstić information content (AvgIpc) is 2.58. The van der Waals surface area contributed by atoms with Gasteiger partial charge in [0.05, 0.1) is 0 Å². The maximum absolute atomic E-state index is 11.6. The monoisotopic (exact) mass is 238 g/mol. The van der Waals surface area contributed by atoms with Crippen molar-refractivity contribution in [2.45, 2.75) is 64.0 Å². The highest BCUT2D eigenvalue weighted by atomic mass is 16.2. The van der Waals surface area contributed by atoms with E-state index in [4.69, 9.17) is 0 Å².